The highest BCUT2D eigenvalue weighted by molar-refractivity contribution is 5.96. The molecule has 0 unspecified atom stereocenters. The number of methoxy groups -OCH3 is 1. The van der Waals surface area contributed by atoms with Gasteiger partial charge in [-0.05, 0) is 25.0 Å². The van der Waals surface area contributed by atoms with Gasteiger partial charge in [0.15, 0.2) is 0 Å². The molecule has 0 atom stereocenters. The normalized spacial score (nSPS) is 17.4. The number of amides is 1. The van der Waals surface area contributed by atoms with E-state index in [4.69, 9.17) is 4.74 Å². The molecule has 1 amide bonds. The number of carbonyl (C=O) groups excluding carboxylic acids is 3. The minimum atomic E-state index is -1.10. The molecule has 1 heterocycles. The fourth-order valence-electron chi connectivity index (χ4n) is 2.45. The maximum atomic E-state index is 12.3. The molecule has 0 aliphatic carbocycles. The molecule has 1 aliphatic heterocycles. The molecule has 0 aromatic heterocycles. The van der Waals surface area contributed by atoms with Gasteiger partial charge in [-0.1, -0.05) is 18.2 Å². The number of piperidine rings is 1. The van der Waals surface area contributed by atoms with Crippen LogP contribution in [0.3, 0.4) is 0 Å². The maximum absolute atomic E-state index is 12.3. The van der Waals surface area contributed by atoms with Crippen LogP contribution >= 0.6 is 0 Å². The molecule has 5 heteroatoms. The van der Waals surface area contributed by atoms with Gasteiger partial charge < -0.3 is 14.4 Å². The molecule has 1 saturated heterocycles. The third-order valence-corrected chi connectivity index (χ3v) is 3.78. The first-order valence-corrected chi connectivity index (χ1v) is 6.52. The van der Waals surface area contributed by atoms with Gasteiger partial charge in [-0.3, -0.25) is 9.59 Å². The average Bonchev–Trinajstić information content (AvgIpc) is 2.54. The van der Waals surface area contributed by atoms with Crippen molar-refractivity contribution in [1.29, 1.82) is 0 Å². The maximum Gasteiger partial charge on any atom is 0.319 e. The van der Waals surface area contributed by atoms with Gasteiger partial charge in [0, 0.05) is 18.7 Å². The lowest BCUT2D eigenvalue weighted by molar-refractivity contribution is -0.157. The molecule has 1 fully saturated rings. The molecule has 0 bridgehead atoms. The molecular formula is C15H17NO4. The first-order chi connectivity index (χ1) is 9.63. The van der Waals surface area contributed by atoms with E-state index in [2.05, 4.69) is 0 Å². The summed E-state index contributed by atoms with van der Waals surface area (Å²) in [6.07, 6.45) is 1.27. The zero-order valence-corrected chi connectivity index (χ0v) is 11.4. The van der Waals surface area contributed by atoms with Gasteiger partial charge in [0.25, 0.3) is 5.91 Å². The van der Waals surface area contributed by atoms with Gasteiger partial charge >= 0.3 is 5.97 Å². The lowest BCUT2D eigenvalue weighted by Crippen LogP contribution is -2.47. The number of carbonyl (C=O) groups is 3. The van der Waals surface area contributed by atoms with E-state index < -0.39 is 11.4 Å². The largest absolute Gasteiger partial charge is 0.468 e. The Balaban J connectivity index is 2.06. The summed E-state index contributed by atoms with van der Waals surface area (Å²) in [4.78, 5) is 36.9. The monoisotopic (exact) mass is 275 g/mol. The van der Waals surface area contributed by atoms with Crippen LogP contribution in [-0.2, 0) is 14.3 Å². The highest BCUT2D eigenvalue weighted by atomic mass is 16.5. The van der Waals surface area contributed by atoms with Crippen molar-refractivity contribution in [3.05, 3.63) is 35.9 Å². The van der Waals surface area contributed by atoms with E-state index in [9.17, 15) is 14.4 Å². The molecule has 20 heavy (non-hydrogen) atoms. The van der Waals surface area contributed by atoms with Crippen LogP contribution in [0.5, 0.6) is 0 Å². The van der Waals surface area contributed by atoms with Crippen molar-refractivity contribution < 1.29 is 19.1 Å². The second kappa shape index (κ2) is 5.86. The number of likely N-dealkylation sites (tertiary alicyclic amines) is 1. The van der Waals surface area contributed by atoms with E-state index in [0.717, 1.165) is 0 Å². The van der Waals surface area contributed by atoms with E-state index in [-0.39, 0.29) is 5.91 Å². The average molecular weight is 275 g/mol. The van der Waals surface area contributed by atoms with Gasteiger partial charge in [0.1, 0.15) is 11.7 Å². The van der Waals surface area contributed by atoms with E-state index in [0.29, 0.717) is 37.8 Å². The summed E-state index contributed by atoms with van der Waals surface area (Å²) < 4.78 is 4.69. The standard InChI is InChI=1S/C15H17NO4/c1-20-14(19)15(11-17)7-9-16(10-8-15)13(18)12-5-3-2-4-6-12/h2-6,11H,7-10H2,1H3. The summed E-state index contributed by atoms with van der Waals surface area (Å²) in [7, 11) is 1.27. The van der Waals surface area contributed by atoms with Crippen LogP contribution in [0.4, 0.5) is 0 Å². The molecule has 0 saturated carbocycles. The van der Waals surface area contributed by atoms with Crippen LogP contribution in [-0.4, -0.2) is 43.3 Å². The molecule has 2 rings (SSSR count). The molecule has 1 aliphatic rings. The molecule has 0 spiro atoms. The summed E-state index contributed by atoms with van der Waals surface area (Å²) in [6, 6.07) is 8.97. The Morgan fingerprint density at radius 2 is 1.80 bits per heavy atom. The highest BCUT2D eigenvalue weighted by Crippen LogP contribution is 2.31. The number of ether oxygens (including phenoxy) is 1. The third-order valence-electron chi connectivity index (χ3n) is 3.78. The summed E-state index contributed by atoms with van der Waals surface area (Å²) >= 11 is 0. The van der Waals surface area contributed by atoms with Crippen LogP contribution in [0.15, 0.2) is 30.3 Å². The van der Waals surface area contributed by atoms with Gasteiger partial charge in [0.2, 0.25) is 0 Å². The van der Waals surface area contributed by atoms with Crippen molar-refractivity contribution in [2.45, 2.75) is 12.8 Å². The van der Waals surface area contributed by atoms with Crippen LogP contribution in [0.1, 0.15) is 23.2 Å². The van der Waals surface area contributed by atoms with Crippen molar-refractivity contribution in [2.24, 2.45) is 5.41 Å². The van der Waals surface area contributed by atoms with E-state index in [1.807, 2.05) is 6.07 Å². The number of esters is 1. The summed E-state index contributed by atoms with van der Waals surface area (Å²) in [5, 5.41) is 0. The molecule has 0 radical (unpaired) electrons. The molecular weight excluding hydrogens is 258 g/mol. The van der Waals surface area contributed by atoms with Crippen molar-refractivity contribution in [3.63, 3.8) is 0 Å². The minimum absolute atomic E-state index is 0.0741. The molecule has 1 aromatic rings. The Morgan fingerprint density at radius 3 is 2.30 bits per heavy atom. The Hall–Kier alpha value is -2.17. The van der Waals surface area contributed by atoms with Crippen molar-refractivity contribution in [2.75, 3.05) is 20.2 Å². The van der Waals surface area contributed by atoms with Crippen LogP contribution < -0.4 is 0 Å². The zero-order valence-electron chi connectivity index (χ0n) is 11.4. The van der Waals surface area contributed by atoms with Gasteiger partial charge in [-0.15, -0.1) is 0 Å². The van der Waals surface area contributed by atoms with Crippen molar-refractivity contribution in [3.8, 4) is 0 Å². The number of aldehydes is 1. The number of benzene rings is 1. The predicted octanol–water partition coefficient (Wildman–Crippen LogP) is 1.28. The lowest BCUT2D eigenvalue weighted by Gasteiger charge is -2.36. The fourth-order valence-corrected chi connectivity index (χ4v) is 2.45. The number of hydrogen-bond donors (Lipinski definition) is 0. The van der Waals surface area contributed by atoms with Crippen LogP contribution in [0.2, 0.25) is 0 Å². The predicted molar refractivity (Wildman–Crippen MR) is 72.1 cm³/mol. The van der Waals surface area contributed by atoms with Crippen LogP contribution in [0.25, 0.3) is 0 Å². The Bertz CT molecular complexity index is 504. The van der Waals surface area contributed by atoms with E-state index in [1.54, 1.807) is 29.2 Å². The van der Waals surface area contributed by atoms with Gasteiger partial charge in [-0.2, -0.15) is 0 Å². The molecule has 5 nitrogen and oxygen atoms in total. The van der Waals surface area contributed by atoms with Crippen molar-refractivity contribution >= 4 is 18.2 Å². The number of rotatable bonds is 3. The Morgan fingerprint density at radius 1 is 1.20 bits per heavy atom. The third kappa shape index (κ3) is 2.57. The van der Waals surface area contributed by atoms with Gasteiger partial charge in [0.05, 0.1) is 7.11 Å². The Labute approximate surface area is 117 Å². The minimum Gasteiger partial charge on any atom is -0.468 e. The topological polar surface area (TPSA) is 63.7 Å². The van der Waals surface area contributed by atoms with E-state index in [1.165, 1.54) is 7.11 Å². The second-order valence-corrected chi connectivity index (χ2v) is 4.92. The Kier molecular flexibility index (Phi) is 4.17. The molecule has 106 valence electrons. The van der Waals surface area contributed by atoms with E-state index >= 15 is 0 Å². The highest BCUT2D eigenvalue weighted by Gasteiger charge is 2.43. The summed E-state index contributed by atoms with van der Waals surface area (Å²) in [5.74, 6) is -0.589. The SMILES string of the molecule is COC(=O)C1(C=O)CCN(C(=O)c2ccccc2)CC1. The van der Waals surface area contributed by atoms with Crippen LogP contribution in [0, 0.1) is 5.41 Å². The second-order valence-electron chi connectivity index (χ2n) is 4.92. The zero-order chi connectivity index (χ0) is 14.6. The number of hydrogen-bond acceptors (Lipinski definition) is 4. The first-order valence-electron chi connectivity index (χ1n) is 6.52. The summed E-state index contributed by atoms with van der Waals surface area (Å²) in [5.41, 5.74) is -0.480. The quantitative estimate of drug-likeness (QED) is 0.473. The molecule has 1 aromatic carbocycles. The smallest absolute Gasteiger partial charge is 0.319 e. The fraction of sp³-hybridized carbons (Fsp3) is 0.400. The summed E-state index contributed by atoms with van der Waals surface area (Å²) in [6.45, 7) is 0.753. The molecule has 0 N–H and O–H groups in total. The first kappa shape index (κ1) is 14.2. The van der Waals surface area contributed by atoms with Gasteiger partial charge in [-0.25, -0.2) is 0 Å². The lowest BCUT2D eigenvalue weighted by atomic mass is 9.79. The number of nitrogens with zero attached hydrogens (tertiary/aromatic N) is 1. The van der Waals surface area contributed by atoms with Crippen molar-refractivity contribution in [1.82, 2.24) is 4.90 Å².